The van der Waals surface area contributed by atoms with Gasteiger partial charge >= 0.3 is 0 Å². The van der Waals surface area contributed by atoms with Crippen molar-refractivity contribution in [2.24, 2.45) is 0 Å². The number of aromatic nitrogens is 3. The molecule has 0 unspecified atom stereocenters. The highest BCUT2D eigenvalue weighted by atomic mass is 15.0. The lowest BCUT2D eigenvalue weighted by Crippen LogP contribution is -1.91. The van der Waals surface area contributed by atoms with Crippen LogP contribution in [-0.2, 0) is 6.42 Å². The van der Waals surface area contributed by atoms with E-state index in [0.29, 0.717) is 0 Å². The van der Waals surface area contributed by atoms with Gasteiger partial charge in [-0.15, -0.1) is 0 Å². The third-order valence-corrected chi connectivity index (χ3v) is 2.23. The number of hydrogen-bond donors (Lipinski definition) is 0. The summed E-state index contributed by atoms with van der Waals surface area (Å²) in [6.45, 7) is 2.08. The van der Waals surface area contributed by atoms with Gasteiger partial charge in [-0.3, -0.25) is 0 Å². The second-order valence-corrected chi connectivity index (χ2v) is 3.57. The van der Waals surface area contributed by atoms with E-state index in [4.69, 9.17) is 0 Å². The van der Waals surface area contributed by atoms with E-state index in [9.17, 15) is 0 Å². The molecule has 0 N–H and O–H groups in total. The van der Waals surface area contributed by atoms with Gasteiger partial charge in [-0.1, -0.05) is 42.0 Å². The van der Waals surface area contributed by atoms with E-state index in [0.717, 1.165) is 12.2 Å². The summed E-state index contributed by atoms with van der Waals surface area (Å²) in [6.07, 6.45) is 7.89. The summed E-state index contributed by atoms with van der Waals surface area (Å²) in [6, 6.07) is 8.39. The Morgan fingerprint density at radius 3 is 2.44 bits per heavy atom. The van der Waals surface area contributed by atoms with Crippen LogP contribution >= 0.6 is 0 Å². The molecule has 1 aromatic heterocycles. The Bertz CT molecular complexity index is 460. The maximum Gasteiger partial charge on any atom is 0.135 e. The molecule has 0 saturated carbocycles. The van der Waals surface area contributed by atoms with Crippen LogP contribution in [0.3, 0.4) is 0 Å². The maximum absolute atomic E-state index is 4.05. The normalized spacial score (nSPS) is 10.8. The molecule has 80 valence electrons. The van der Waals surface area contributed by atoms with Gasteiger partial charge < -0.3 is 0 Å². The van der Waals surface area contributed by atoms with Gasteiger partial charge in [0, 0.05) is 6.42 Å². The van der Waals surface area contributed by atoms with Crippen LogP contribution in [0.5, 0.6) is 0 Å². The van der Waals surface area contributed by atoms with Crippen molar-refractivity contribution in [1.82, 2.24) is 15.0 Å². The molecule has 3 nitrogen and oxygen atoms in total. The summed E-state index contributed by atoms with van der Waals surface area (Å²) in [5, 5.41) is 0. The van der Waals surface area contributed by atoms with E-state index >= 15 is 0 Å². The van der Waals surface area contributed by atoms with Crippen molar-refractivity contribution in [3.05, 3.63) is 59.9 Å². The number of hydrogen-bond acceptors (Lipinski definition) is 3. The first-order valence-electron chi connectivity index (χ1n) is 5.19. The molecule has 0 amide bonds. The minimum atomic E-state index is 0.733. The van der Waals surface area contributed by atoms with Crippen LogP contribution in [0.25, 0.3) is 6.08 Å². The molecule has 2 aromatic rings. The molecular weight excluding hydrogens is 198 g/mol. The smallest absolute Gasteiger partial charge is 0.135 e. The fourth-order valence-electron chi connectivity index (χ4n) is 1.35. The monoisotopic (exact) mass is 211 g/mol. The first-order chi connectivity index (χ1) is 7.84. The quantitative estimate of drug-likeness (QED) is 0.782. The summed E-state index contributed by atoms with van der Waals surface area (Å²) >= 11 is 0. The van der Waals surface area contributed by atoms with E-state index in [1.54, 1.807) is 0 Å². The third kappa shape index (κ3) is 2.98. The molecule has 0 atom stereocenters. The van der Waals surface area contributed by atoms with Gasteiger partial charge in [-0.25, -0.2) is 15.0 Å². The van der Waals surface area contributed by atoms with Crippen molar-refractivity contribution >= 4 is 6.08 Å². The average molecular weight is 211 g/mol. The molecular formula is C13H13N3. The number of benzene rings is 1. The Labute approximate surface area is 94.9 Å². The van der Waals surface area contributed by atoms with Crippen molar-refractivity contribution in [2.75, 3.05) is 0 Å². The van der Waals surface area contributed by atoms with Gasteiger partial charge in [0.25, 0.3) is 0 Å². The summed E-state index contributed by atoms with van der Waals surface area (Å²) in [5.41, 5.74) is 2.47. The second-order valence-electron chi connectivity index (χ2n) is 3.57. The molecule has 1 aromatic carbocycles. The Morgan fingerprint density at radius 1 is 1.06 bits per heavy atom. The number of nitrogens with zero attached hydrogens (tertiary/aromatic N) is 3. The van der Waals surface area contributed by atoms with E-state index in [-0.39, 0.29) is 0 Å². The third-order valence-electron chi connectivity index (χ3n) is 2.23. The first kappa shape index (κ1) is 10.5. The molecule has 0 spiro atoms. The summed E-state index contributed by atoms with van der Waals surface area (Å²) < 4.78 is 0. The lowest BCUT2D eigenvalue weighted by Gasteiger charge is -1.95. The van der Waals surface area contributed by atoms with Crippen LogP contribution in [0.1, 0.15) is 17.0 Å². The molecule has 1 heterocycles. The number of rotatable bonds is 3. The number of aryl methyl sites for hydroxylation is 1. The molecule has 0 radical (unpaired) electrons. The van der Waals surface area contributed by atoms with Crippen molar-refractivity contribution in [1.29, 1.82) is 0 Å². The molecule has 3 heteroatoms. The van der Waals surface area contributed by atoms with E-state index in [1.807, 2.05) is 0 Å². The standard InChI is InChI=1S/C13H13N3/c1-11-5-7-12(8-6-11)3-2-4-13-15-9-14-10-16-13/h2-3,5-10H,4H2,1H3. The Kier molecular flexibility index (Phi) is 3.38. The van der Waals surface area contributed by atoms with E-state index < -0.39 is 0 Å². The maximum atomic E-state index is 4.05. The zero-order valence-corrected chi connectivity index (χ0v) is 9.17. The van der Waals surface area contributed by atoms with Crippen molar-refractivity contribution in [3.63, 3.8) is 0 Å². The minimum absolute atomic E-state index is 0.733. The average Bonchev–Trinajstić information content (AvgIpc) is 2.33. The van der Waals surface area contributed by atoms with E-state index in [1.165, 1.54) is 23.8 Å². The van der Waals surface area contributed by atoms with Crippen molar-refractivity contribution < 1.29 is 0 Å². The van der Waals surface area contributed by atoms with Crippen LogP contribution in [0, 0.1) is 6.92 Å². The Morgan fingerprint density at radius 2 is 1.75 bits per heavy atom. The van der Waals surface area contributed by atoms with Crippen molar-refractivity contribution in [2.45, 2.75) is 13.3 Å². The summed E-state index contributed by atoms with van der Waals surface area (Å²) in [4.78, 5) is 11.9. The second kappa shape index (κ2) is 5.16. The highest BCUT2D eigenvalue weighted by Crippen LogP contribution is 2.05. The van der Waals surface area contributed by atoms with Gasteiger partial charge in [0.05, 0.1) is 0 Å². The van der Waals surface area contributed by atoms with Gasteiger partial charge in [0.2, 0.25) is 0 Å². The fourth-order valence-corrected chi connectivity index (χ4v) is 1.35. The molecule has 2 rings (SSSR count). The van der Waals surface area contributed by atoms with E-state index in [2.05, 4.69) is 58.3 Å². The van der Waals surface area contributed by atoms with Gasteiger partial charge in [-0.2, -0.15) is 0 Å². The molecule has 0 aliphatic rings. The molecule has 0 aliphatic heterocycles. The zero-order chi connectivity index (χ0) is 11.2. The molecule has 16 heavy (non-hydrogen) atoms. The Hall–Kier alpha value is -2.03. The largest absolute Gasteiger partial charge is 0.225 e. The predicted molar refractivity (Wildman–Crippen MR) is 63.7 cm³/mol. The Balaban J connectivity index is 1.98. The highest BCUT2D eigenvalue weighted by Gasteiger charge is 1.90. The van der Waals surface area contributed by atoms with Crippen LogP contribution in [0.2, 0.25) is 0 Å². The molecule has 0 fully saturated rings. The predicted octanol–water partition coefficient (Wildman–Crippen LogP) is 2.44. The topological polar surface area (TPSA) is 38.7 Å². The van der Waals surface area contributed by atoms with Gasteiger partial charge in [0.15, 0.2) is 0 Å². The van der Waals surface area contributed by atoms with Crippen LogP contribution in [-0.4, -0.2) is 15.0 Å². The van der Waals surface area contributed by atoms with Crippen LogP contribution in [0.15, 0.2) is 43.0 Å². The van der Waals surface area contributed by atoms with Crippen LogP contribution in [0.4, 0.5) is 0 Å². The zero-order valence-electron chi connectivity index (χ0n) is 9.17. The molecule has 0 saturated heterocycles. The highest BCUT2D eigenvalue weighted by molar-refractivity contribution is 5.49. The molecule has 0 bridgehead atoms. The van der Waals surface area contributed by atoms with Crippen molar-refractivity contribution in [3.8, 4) is 0 Å². The van der Waals surface area contributed by atoms with Gasteiger partial charge in [-0.05, 0) is 12.5 Å². The lowest BCUT2D eigenvalue weighted by atomic mass is 10.1. The summed E-state index contributed by atoms with van der Waals surface area (Å²) in [5.74, 6) is 0.790. The lowest BCUT2D eigenvalue weighted by molar-refractivity contribution is 0.933. The first-order valence-corrected chi connectivity index (χ1v) is 5.19. The minimum Gasteiger partial charge on any atom is -0.225 e. The fraction of sp³-hybridized carbons (Fsp3) is 0.154. The van der Waals surface area contributed by atoms with Crippen LogP contribution < -0.4 is 0 Å². The summed E-state index contributed by atoms with van der Waals surface area (Å²) in [7, 11) is 0. The SMILES string of the molecule is Cc1ccc(C=CCc2ncncn2)cc1. The van der Waals surface area contributed by atoms with Gasteiger partial charge in [0.1, 0.15) is 18.5 Å². The molecule has 0 aliphatic carbocycles. The number of allylic oxidation sites excluding steroid dienone is 1.